The van der Waals surface area contributed by atoms with Crippen LogP contribution in [0.2, 0.25) is 5.02 Å². The Morgan fingerprint density at radius 3 is 1.90 bits per heavy atom. The Balaban J connectivity index is 3.19. The topological polar surface area (TPSA) is 46.5 Å². The van der Waals surface area contributed by atoms with Crippen molar-refractivity contribution in [3.05, 3.63) is 29.3 Å². The van der Waals surface area contributed by atoms with Crippen LogP contribution in [0.3, 0.4) is 0 Å². The molecular weight excluding hydrogens is 318 g/mol. The van der Waals surface area contributed by atoms with Crippen LogP contribution in [0.25, 0.3) is 0 Å². The lowest BCUT2D eigenvalue weighted by molar-refractivity contribution is -0.354. The molecule has 112 valence electrons. The largest absolute Gasteiger partial charge is 0.437 e. The number of halogens is 7. The number of benzene rings is 1. The second-order valence-corrected chi connectivity index (χ2v) is 3.93. The fourth-order valence-corrected chi connectivity index (χ4v) is 1.27. The summed E-state index contributed by atoms with van der Waals surface area (Å²) in [5.41, 5.74) is -5.64. The van der Waals surface area contributed by atoms with E-state index in [1.54, 1.807) is 0 Å². The maximum atomic E-state index is 12.4. The number of aliphatic hydroxyl groups is 1. The second kappa shape index (κ2) is 5.13. The molecule has 1 aromatic rings. The SMILES string of the molecule is O=C(Oc1ccccc1Cl)C(O)(C(F)(F)F)C(F)(F)F. The van der Waals surface area contributed by atoms with Crippen LogP contribution in [0.1, 0.15) is 0 Å². The summed E-state index contributed by atoms with van der Waals surface area (Å²) in [5, 5.41) is 8.34. The first kappa shape index (κ1) is 16.6. The highest BCUT2D eigenvalue weighted by molar-refractivity contribution is 6.32. The van der Waals surface area contributed by atoms with Crippen LogP contribution in [0, 0.1) is 0 Å². The quantitative estimate of drug-likeness (QED) is 0.517. The first-order chi connectivity index (χ1) is 8.91. The van der Waals surface area contributed by atoms with Crippen LogP contribution in [0.4, 0.5) is 26.3 Å². The summed E-state index contributed by atoms with van der Waals surface area (Å²) in [7, 11) is 0. The third-order valence-corrected chi connectivity index (χ3v) is 2.47. The van der Waals surface area contributed by atoms with Crippen molar-refractivity contribution in [1.82, 2.24) is 0 Å². The van der Waals surface area contributed by atoms with E-state index in [0.717, 1.165) is 18.2 Å². The maximum absolute atomic E-state index is 12.4. The van der Waals surface area contributed by atoms with Crippen molar-refractivity contribution in [1.29, 1.82) is 0 Å². The molecule has 0 unspecified atom stereocenters. The molecule has 10 heteroatoms. The van der Waals surface area contributed by atoms with Crippen molar-refractivity contribution in [2.24, 2.45) is 0 Å². The molecule has 0 saturated heterocycles. The van der Waals surface area contributed by atoms with Crippen LogP contribution in [-0.2, 0) is 4.79 Å². The molecule has 0 aliphatic rings. The van der Waals surface area contributed by atoms with Crippen molar-refractivity contribution in [3.63, 3.8) is 0 Å². The molecule has 1 aromatic carbocycles. The van der Waals surface area contributed by atoms with Crippen molar-refractivity contribution < 1.29 is 41.0 Å². The molecule has 0 fully saturated rings. The Morgan fingerprint density at radius 2 is 1.50 bits per heavy atom. The Kier molecular flexibility index (Phi) is 4.25. The van der Waals surface area contributed by atoms with Gasteiger partial charge in [0.05, 0.1) is 5.02 Å². The zero-order valence-electron chi connectivity index (χ0n) is 9.22. The van der Waals surface area contributed by atoms with Gasteiger partial charge in [0.2, 0.25) is 0 Å². The van der Waals surface area contributed by atoms with Gasteiger partial charge in [-0.15, -0.1) is 0 Å². The van der Waals surface area contributed by atoms with Crippen LogP contribution in [0.15, 0.2) is 24.3 Å². The standard InChI is InChI=1S/C10H5ClF6O3/c11-5-3-1-2-4-6(5)20-7(18)8(19,9(12,13)14)10(15,16)17/h1-4,19H. The Labute approximate surface area is 112 Å². The number of esters is 1. The minimum absolute atomic E-state index is 0.396. The number of ether oxygens (including phenoxy) is 1. The summed E-state index contributed by atoms with van der Waals surface area (Å²) in [6.45, 7) is 0. The van der Waals surface area contributed by atoms with Crippen LogP contribution < -0.4 is 4.74 Å². The van der Waals surface area contributed by atoms with Gasteiger partial charge in [-0.1, -0.05) is 23.7 Å². The Bertz CT molecular complexity index is 496. The molecule has 0 radical (unpaired) electrons. The third-order valence-electron chi connectivity index (χ3n) is 2.16. The van der Waals surface area contributed by atoms with Crippen LogP contribution in [-0.4, -0.2) is 29.0 Å². The van der Waals surface area contributed by atoms with Gasteiger partial charge in [-0.25, -0.2) is 4.79 Å². The van der Waals surface area contributed by atoms with E-state index in [2.05, 4.69) is 4.74 Å². The zero-order chi connectivity index (χ0) is 15.8. The van der Waals surface area contributed by atoms with Crippen LogP contribution in [0.5, 0.6) is 5.75 Å². The predicted octanol–water partition coefficient (Wildman–Crippen LogP) is 3.10. The van der Waals surface area contributed by atoms with Gasteiger partial charge in [0.25, 0.3) is 0 Å². The fraction of sp³-hybridized carbons (Fsp3) is 0.300. The molecule has 20 heavy (non-hydrogen) atoms. The maximum Gasteiger partial charge on any atom is 0.437 e. The van der Waals surface area contributed by atoms with E-state index < -0.39 is 34.7 Å². The van der Waals surface area contributed by atoms with Crippen molar-refractivity contribution in [2.45, 2.75) is 18.0 Å². The van der Waals surface area contributed by atoms with Gasteiger partial charge in [-0.2, -0.15) is 26.3 Å². The number of carbonyl (C=O) groups excluding carboxylic acids is 1. The average molecular weight is 323 g/mol. The molecule has 0 aliphatic carbocycles. The zero-order valence-corrected chi connectivity index (χ0v) is 9.97. The summed E-state index contributed by atoms with van der Waals surface area (Å²) >= 11 is 5.43. The van der Waals surface area contributed by atoms with Gasteiger partial charge in [0, 0.05) is 0 Å². The molecule has 0 bridgehead atoms. The molecule has 0 amide bonds. The van der Waals surface area contributed by atoms with Gasteiger partial charge in [-0.05, 0) is 12.1 Å². The van der Waals surface area contributed by atoms with E-state index in [9.17, 15) is 31.1 Å². The summed E-state index contributed by atoms with van der Waals surface area (Å²) in [6, 6.07) is 4.41. The number of carbonyl (C=O) groups is 1. The number of para-hydroxylation sites is 1. The fourth-order valence-electron chi connectivity index (χ4n) is 1.09. The first-order valence-corrected chi connectivity index (χ1v) is 5.11. The number of alkyl halides is 6. The molecule has 0 saturated carbocycles. The lowest BCUT2D eigenvalue weighted by Crippen LogP contribution is -2.63. The van der Waals surface area contributed by atoms with E-state index in [1.807, 2.05) is 0 Å². The van der Waals surface area contributed by atoms with Crippen molar-refractivity contribution >= 4 is 17.6 Å². The predicted molar refractivity (Wildman–Crippen MR) is 54.1 cm³/mol. The lowest BCUT2D eigenvalue weighted by Gasteiger charge is -2.29. The van der Waals surface area contributed by atoms with E-state index in [0.29, 0.717) is 0 Å². The highest BCUT2D eigenvalue weighted by Crippen LogP contribution is 2.44. The summed E-state index contributed by atoms with van der Waals surface area (Å²) < 4.78 is 78.0. The second-order valence-electron chi connectivity index (χ2n) is 3.53. The van der Waals surface area contributed by atoms with Gasteiger partial charge >= 0.3 is 23.9 Å². The summed E-state index contributed by atoms with van der Waals surface area (Å²) in [5.74, 6) is -3.68. The Morgan fingerprint density at radius 1 is 1.05 bits per heavy atom. The molecule has 0 spiro atoms. The third kappa shape index (κ3) is 2.83. The highest BCUT2D eigenvalue weighted by Gasteiger charge is 2.76. The number of hydrogen-bond donors (Lipinski definition) is 1. The minimum Gasteiger partial charge on any atom is -0.422 e. The molecule has 0 aliphatic heterocycles. The van der Waals surface area contributed by atoms with Crippen LogP contribution >= 0.6 is 11.6 Å². The normalized spacial score (nSPS) is 13.2. The molecule has 0 aromatic heterocycles. The Hall–Kier alpha value is -1.48. The monoisotopic (exact) mass is 322 g/mol. The van der Waals surface area contributed by atoms with E-state index >= 15 is 0 Å². The first-order valence-electron chi connectivity index (χ1n) is 4.74. The molecule has 1 N–H and O–H groups in total. The van der Waals surface area contributed by atoms with E-state index in [4.69, 9.17) is 16.7 Å². The molecule has 0 heterocycles. The van der Waals surface area contributed by atoms with Crippen molar-refractivity contribution in [3.8, 4) is 5.75 Å². The van der Waals surface area contributed by atoms with Gasteiger partial charge in [-0.3, -0.25) is 0 Å². The van der Waals surface area contributed by atoms with Gasteiger partial charge < -0.3 is 9.84 Å². The minimum atomic E-state index is -6.30. The summed E-state index contributed by atoms with van der Waals surface area (Å²) in [6.07, 6.45) is -12.6. The molecule has 0 atom stereocenters. The van der Waals surface area contributed by atoms with E-state index in [-0.39, 0.29) is 0 Å². The molecular formula is C10H5ClF6O3. The average Bonchev–Trinajstić information content (AvgIpc) is 2.28. The number of rotatable bonds is 2. The lowest BCUT2D eigenvalue weighted by atomic mass is 10.0. The summed E-state index contributed by atoms with van der Waals surface area (Å²) in [4.78, 5) is 11.1. The highest BCUT2D eigenvalue weighted by atomic mass is 35.5. The van der Waals surface area contributed by atoms with Gasteiger partial charge in [0.1, 0.15) is 5.75 Å². The smallest absolute Gasteiger partial charge is 0.422 e. The van der Waals surface area contributed by atoms with Crippen molar-refractivity contribution in [2.75, 3.05) is 0 Å². The number of hydrogen-bond acceptors (Lipinski definition) is 3. The molecule has 1 rings (SSSR count). The van der Waals surface area contributed by atoms with E-state index in [1.165, 1.54) is 6.07 Å². The molecule has 3 nitrogen and oxygen atoms in total. The van der Waals surface area contributed by atoms with Gasteiger partial charge in [0.15, 0.2) is 0 Å².